The second kappa shape index (κ2) is 6.37. The smallest absolute Gasteiger partial charge is 0.330 e. The third-order valence-electron chi connectivity index (χ3n) is 2.00. The maximum Gasteiger partial charge on any atom is 0.330 e. The van der Waals surface area contributed by atoms with Crippen LogP contribution in [0.5, 0.6) is 0 Å². The lowest BCUT2D eigenvalue weighted by atomic mass is 10.2. The Bertz CT molecular complexity index is 393. The summed E-state index contributed by atoms with van der Waals surface area (Å²) in [6.07, 6.45) is 0.759. The van der Waals surface area contributed by atoms with E-state index in [-0.39, 0.29) is 0 Å². The largest absolute Gasteiger partial charge is 0.480 e. The van der Waals surface area contributed by atoms with E-state index in [1.165, 1.54) is 6.92 Å². The average Bonchev–Trinajstić information content (AvgIpc) is 2.24. The molecule has 0 saturated heterocycles. The number of hydrogen-bond donors (Lipinski definition) is 1. The van der Waals surface area contributed by atoms with Gasteiger partial charge in [0, 0.05) is 4.47 Å². The van der Waals surface area contributed by atoms with Gasteiger partial charge in [-0.25, -0.2) is 4.79 Å². The Labute approximate surface area is 103 Å². The molecule has 0 aliphatic rings. The van der Waals surface area contributed by atoms with Gasteiger partial charge in [-0.3, -0.25) is 0 Å². The number of nitrogens with zero attached hydrogens (tertiary/aromatic N) is 2. The Morgan fingerprint density at radius 1 is 1.56 bits per heavy atom. The second-order valence-electron chi connectivity index (χ2n) is 3.37. The van der Waals surface area contributed by atoms with Gasteiger partial charge in [0.25, 0.3) is 0 Å². The number of carboxylic acids is 1. The van der Waals surface area contributed by atoms with Crippen molar-refractivity contribution in [3.8, 4) is 0 Å². The Balaban J connectivity index is 2.38. The molecule has 1 atom stereocenters. The summed E-state index contributed by atoms with van der Waals surface area (Å²) in [5, 5.41) is 16.1. The molecule has 0 aromatic heterocycles. The van der Waals surface area contributed by atoms with Crippen molar-refractivity contribution >= 4 is 21.9 Å². The number of hydrogen-bond acceptors (Lipinski definition) is 3. The highest BCUT2D eigenvalue weighted by molar-refractivity contribution is 9.10. The summed E-state index contributed by atoms with van der Waals surface area (Å²) in [6.45, 7) is 2.01. The Hall–Kier alpha value is -1.23. The summed E-state index contributed by atoms with van der Waals surface area (Å²) >= 11 is 3.38. The van der Waals surface area contributed by atoms with Crippen molar-refractivity contribution in [3.05, 3.63) is 34.3 Å². The minimum absolute atomic E-state index is 0.508. The van der Waals surface area contributed by atoms with Crippen LogP contribution in [0.2, 0.25) is 0 Å². The lowest BCUT2D eigenvalue weighted by molar-refractivity contribution is -0.138. The third kappa shape index (κ3) is 4.53. The topological polar surface area (TPSA) is 62.0 Å². The molecule has 4 nitrogen and oxygen atoms in total. The van der Waals surface area contributed by atoms with E-state index in [0.717, 1.165) is 16.5 Å². The highest BCUT2D eigenvalue weighted by Crippen LogP contribution is 2.12. The Kier molecular flexibility index (Phi) is 5.11. The Morgan fingerprint density at radius 2 is 2.31 bits per heavy atom. The van der Waals surface area contributed by atoms with Crippen LogP contribution >= 0.6 is 15.9 Å². The van der Waals surface area contributed by atoms with Crippen molar-refractivity contribution in [1.29, 1.82) is 0 Å². The molecule has 1 unspecified atom stereocenters. The molecule has 0 saturated carbocycles. The maximum atomic E-state index is 10.4. The number of aliphatic carboxylic acids is 1. The number of carboxylic acid groups (broad SMARTS) is 1. The molecule has 1 N–H and O–H groups in total. The second-order valence-corrected chi connectivity index (χ2v) is 4.29. The van der Waals surface area contributed by atoms with Gasteiger partial charge < -0.3 is 5.11 Å². The minimum atomic E-state index is -0.953. The van der Waals surface area contributed by atoms with Gasteiger partial charge in [-0.05, 0) is 31.0 Å². The summed E-state index contributed by atoms with van der Waals surface area (Å²) in [5.41, 5.74) is 1.15. The zero-order chi connectivity index (χ0) is 12.0. The molecule has 0 fully saturated rings. The Morgan fingerprint density at radius 3 is 2.94 bits per heavy atom. The molecular formula is C11H13BrN2O2. The molecule has 5 heteroatoms. The van der Waals surface area contributed by atoms with Crippen LogP contribution in [0.4, 0.5) is 0 Å². The van der Waals surface area contributed by atoms with Crippen LogP contribution in [0, 0.1) is 0 Å². The molecule has 0 spiro atoms. The van der Waals surface area contributed by atoms with Crippen LogP contribution in [0.25, 0.3) is 0 Å². The number of halogens is 1. The van der Waals surface area contributed by atoms with Crippen LogP contribution in [0.1, 0.15) is 12.5 Å². The van der Waals surface area contributed by atoms with Crippen LogP contribution in [-0.2, 0) is 11.2 Å². The van der Waals surface area contributed by atoms with E-state index >= 15 is 0 Å². The van der Waals surface area contributed by atoms with Gasteiger partial charge in [-0.1, -0.05) is 28.1 Å². The number of benzene rings is 1. The quantitative estimate of drug-likeness (QED) is 0.845. The fraction of sp³-hybridized carbons (Fsp3) is 0.364. The van der Waals surface area contributed by atoms with Crippen LogP contribution < -0.4 is 0 Å². The maximum absolute atomic E-state index is 10.4. The van der Waals surface area contributed by atoms with Gasteiger partial charge in [-0.2, -0.15) is 10.2 Å². The molecule has 0 aliphatic carbocycles. The van der Waals surface area contributed by atoms with E-state index in [0.29, 0.717) is 6.54 Å². The van der Waals surface area contributed by atoms with E-state index in [2.05, 4.69) is 26.2 Å². The van der Waals surface area contributed by atoms with Gasteiger partial charge in [0.05, 0.1) is 6.54 Å². The van der Waals surface area contributed by atoms with Gasteiger partial charge in [0.15, 0.2) is 6.04 Å². The summed E-state index contributed by atoms with van der Waals surface area (Å²) in [4.78, 5) is 10.4. The number of carbonyl (C=O) groups is 1. The summed E-state index contributed by atoms with van der Waals surface area (Å²) in [6, 6.07) is 7.16. The molecule has 0 radical (unpaired) electrons. The fourth-order valence-corrected chi connectivity index (χ4v) is 1.55. The lowest BCUT2D eigenvalue weighted by Gasteiger charge is -1.99. The molecule has 1 aromatic rings. The molecule has 86 valence electrons. The normalized spacial score (nSPS) is 12.9. The van der Waals surface area contributed by atoms with Crippen LogP contribution in [-0.4, -0.2) is 23.7 Å². The first kappa shape index (κ1) is 12.8. The molecule has 1 rings (SSSR count). The molecule has 0 aliphatic heterocycles. The summed E-state index contributed by atoms with van der Waals surface area (Å²) in [7, 11) is 0. The zero-order valence-electron chi connectivity index (χ0n) is 8.93. The van der Waals surface area contributed by atoms with E-state index in [9.17, 15) is 4.79 Å². The first-order chi connectivity index (χ1) is 7.59. The minimum Gasteiger partial charge on any atom is -0.480 e. The lowest BCUT2D eigenvalue weighted by Crippen LogP contribution is -2.12. The third-order valence-corrected chi connectivity index (χ3v) is 2.50. The SMILES string of the molecule is CC(N=NCCc1cccc(Br)c1)C(=O)O. The molecule has 1 aromatic carbocycles. The summed E-state index contributed by atoms with van der Waals surface area (Å²) in [5.74, 6) is -0.953. The van der Waals surface area contributed by atoms with Crippen molar-refractivity contribution in [2.45, 2.75) is 19.4 Å². The van der Waals surface area contributed by atoms with Crippen molar-refractivity contribution in [2.24, 2.45) is 10.2 Å². The van der Waals surface area contributed by atoms with Crippen molar-refractivity contribution in [1.82, 2.24) is 0 Å². The zero-order valence-corrected chi connectivity index (χ0v) is 10.5. The number of azo groups is 1. The van der Waals surface area contributed by atoms with E-state index in [1.807, 2.05) is 24.3 Å². The molecule has 16 heavy (non-hydrogen) atoms. The van der Waals surface area contributed by atoms with Gasteiger partial charge in [0.2, 0.25) is 0 Å². The van der Waals surface area contributed by atoms with Crippen molar-refractivity contribution < 1.29 is 9.90 Å². The van der Waals surface area contributed by atoms with Crippen LogP contribution in [0.15, 0.2) is 39.0 Å². The predicted molar refractivity (Wildman–Crippen MR) is 64.7 cm³/mol. The van der Waals surface area contributed by atoms with Gasteiger partial charge >= 0.3 is 5.97 Å². The van der Waals surface area contributed by atoms with Crippen molar-refractivity contribution in [2.75, 3.05) is 6.54 Å². The standard InChI is InChI=1S/C11H13BrN2O2/c1-8(11(15)16)14-13-6-5-9-3-2-4-10(12)7-9/h2-4,7-8H,5-6H2,1H3,(H,15,16). The first-order valence-electron chi connectivity index (χ1n) is 4.93. The fourth-order valence-electron chi connectivity index (χ4n) is 1.10. The molecule has 0 amide bonds. The predicted octanol–water partition coefficient (Wildman–Crippen LogP) is 2.92. The average molecular weight is 285 g/mol. The van der Waals surface area contributed by atoms with E-state index in [1.54, 1.807) is 0 Å². The van der Waals surface area contributed by atoms with Gasteiger partial charge in [0.1, 0.15) is 0 Å². The van der Waals surface area contributed by atoms with Gasteiger partial charge in [-0.15, -0.1) is 0 Å². The molecule has 0 heterocycles. The monoisotopic (exact) mass is 284 g/mol. The summed E-state index contributed by atoms with van der Waals surface area (Å²) < 4.78 is 1.03. The molecular weight excluding hydrogens is 272 g/mol. The van der Waals surface area contributed by atoms with Crippen molar-refractivity contribution in [3.63, 3.8) is 0 Å². The number of rotatable bonds is 5. The van der Waals surface area contributed by atoms with E-state index in [4.69, 9.17) is 5.11 Å². The molecule has 0 bridgehead atoms. The van der Waals surface area contributed by atoms with Crippen LogP contribution in [0.3, 0.4) is 0 Å². The van der Waals surface area contributed by atoms with E-state index < -0.39 is 12.0 Å². The highest BCUT2D eigenvalue weighted by atomic mass is 79.9. The first-order valence-corrected chi connectivity index (χ1v) is 5.73. The highest BCUT2D eigenvalue weighted by Gasteiger charge is 2.07.